The Bertz CT molecular complexity index is 1200. The van der Waals surface area contributed by atoms with Gasteiger partial charge in [0.1, 0.15) is 5.78 Å². The van der Waals surface area contributed by atoms with Crippen molar-refractivity contribution in [1.82, 2.24) is 10.6 Å². The van der Waals surface area contributed by atoms with E-state index < -0.39 is 97.1 Å². The van der Waals surface area contributed by atoms with Crippen LogP contribution in [0.3, 0.4) is 0 Å². The summed E-state index contributed by atoms with van der Waals surface area (Å²) >= 11 is 0. The predicted octanol–water partition coefficient (Wildman–Crippen LogP) is 3.08. The van der Waals surface area contributed by atoms with E-state index >= 15 is 0 Å². The number of halogens is 1. The number of carboxylic acids is 3. The predicted molar refractivity (Wildman–Crippen MR) is 158 cm³/mol. The van der Waals surface area contributed by atoms with Crippen LogP contribution in [0.5, 0.6) is 5.75 Å². The number of unbranched alkanes of at least 4 members (excludes halogenated alkanes) is 3. The Morgan fingerprint density at radius 3 is 1.89 bits per heavy atom. The number of carboxylic acid groups (broad SMARTS) is 3. The van der Waals surface area contributed by atoms with Gasteiger partial charge in [-0.1, -0.05) is 32.8 Å². The highest BCUT2D eigenvalue weighted by atomic mass is 19.1. The summed E-state index contributed by atoms with van der Waals surface area (Å²) < 4.78 is 19.7. The normalized spacial score (nSPS) is 12.9. The maximum atomic E-state index is 14.2. The third-order valence-electron chi connectivity index (χ3n) is 6.90. The van der Waals surface area contributed by atoms with E-state index in [2.05, 4.69) is 10.6 Å². The first-order valence-electron chi connectivity index (χ1n) is 14.8. The number of benzene rings is 1. The number of hydrogen-bond acceptors (Lipinski definition) is 8. The van der Waals surface area contributed by atoms with Crippen molar-refractivity contribution in [3.05, 3.63) is 29.6 Å². The van der Waals surface area contributed by atoms with Gasteiger partial charge >= 0.3 is 17.9 Å². The second-order valence-corrected chi connectivity index (χ2v) is 11.2. The van der Waals surface area contributed by atoms with Gasteiger partial charge in [0.05, 0.1) is 43.7 Å². The SMILES string of the molecule is CC(=O)C[C@@H](CC(=O)O)C(=O)N[C@@H](CC(=O)O)C(=O)C[C@@H](CC(=O)O)C(=O)NCCCCCCOc1ccc(C(C)C)cc1F. The van der Waals surface area contributed by atoms with Gasteiger partial charge in [-0.3, -0.25) is 28.8 Å². The molecule has 0 unspecified atom stereocenters. The first-order chi connectivity index (χ1) is 21.1. The van der Waals surface area contributed by atoms with Crippen molar-refractivity contribution in [2.24, 2.45) is 11.8 Å². The lowest BCUT2D eigenvalue weighted by Gasteiger charge is -2.22. The molecule has 0 radical (unpaired) electrons. The third-order valence-corrected chi connectivity index (χ3v) is 6.90. The fourth-order valence-corrected chi connectivity index (χ4v) is 4.49. The molecule has 13 nitrogen and oxygen atoms in total. The average Bonchev–Trinajstić information content (AvgIpc) is 2.92. The minimum Gasteiger partial charge on any atom is -0.491 e. The molecular formula is C31H43FN2O11. The molecule has 1 aromatic rings. The van der Waals surface area contributed by atoms with Crippen LogP contribution in [0.15, 0.2) is 18.2 Å². The van der Waals surface area contributed by atoms with Crippen LogP contribution in [0.4, 0.5) is 4.39 Å². The summed E-state index contributed by atoms with van der Waals surface area (Å²) in [5.41, 5.74) is 0.871. The minimum absolute atomic E-state index is 0.173. The third kappa shape index (κ3) is 15.8. The summed E-state index contributed by atoms with van der Waals surface area (Å²) in [5.74, 6) is -10.2. The summed E-state index contributed by atoms with van der Waals surface area (Å²) in [6.07, 6.45) is -0.975. The highest BCUT2D eigenvalue weighted by Crippen LogP contribution is 2.23. The lowest BCUT2D eigenvalue weighted by Crippen LogP contribution is -2.47. The van der Waals surface area contributed by atoms with Crippen LogP contribution >= 0.6 is 0 Å². The topological polar surface area (TPSA) is 213 Å². The number of carbonyl (C=O) groups is 7. The monoisotopic (exact) mass is 638 g/mol. The number of carbonyl (C=O) groups excluding carboxylic acids is 4. The van der Waals surface area contributed by atoms with Crippen molar-refractivity contribution in [2.45, 2.75) is 90.5 Å². The zero-order valence-electron chi connectivity index (χ0n) is 25.8. The largest absolute Gasteiger partial charge is 0.491 e. The number of rotatable bonds is 23. The van der Waals surface area contributed by atoms with Gasteiger partial charge in [0, 0.05) is 19.4 Å². The zero-order valence-corrected chi connectivity index (χ0v) is 25.8. The lowest BCUT2D eigenvalue weighted by atomic mass is 9.92. The van der Waals surface area contributed by atoms with E-state index in [1.807, 2.05) is 19.9 Å². The van der Waals surface area contributed by atoms with Crippen molar-refractivity contribution in [2.75, 3.05) is 13.2 Å². The Hall–Kier alpha value is -4.36. The molecule has 0 aliphatic heterocycles. The van der Waals surface area contributed by atoms with Gasteiger partial charge in [-0.25, -0.2) is 4.39 Å². The van der Waals surface area contributed by atoms with Gasteiger partial charge in [-0.05, 0) is 43.4 Å². The Morgan fingerprint density at radius 1 is 0.778 bits per heavy atom. The van der Waals surface area contributed by atoms with Crippen molar-refractivity contribution >= 4 is 41.3 Å². The van der Waals surface area contributed by atoms with E-state index in [9.17, 15) is 48.2 Å². The van der Waals surface area contributed by atoms with Crippen LogP contribution in [0.25, 0.3) is 0 Å². The molecule has 1 aromatic carbocycles. The highest BCUT2D eigenvalue weighted by molar-refractivity contribution is 5.97. The van der Waals surface area contributed by atoms with E-state index in [0.717, 1.165) is 12.5 Å². The second-order valence-electron chi connectivity index (χ2n) is 11.2. The van der Waals surface area contributed by atoms with Gasteiger partial charge in [0.25, 0.3) is 0 Å². The summed E-state index contributed by atoms with van der Waals surface area (Å²) in [5, 5.41) is 32.3. The molecule has 14 heteroatoms. The van der Waals surface area contributed by atoms with Crippen LogP contribution in [0, 0.1) is 17.7 Å². The number of ether oxygens (including phenoxy) is 1. The molecule has 0 fully saturated rings. The Morgan fingerprint density at radius 2 is 1.36 bits per heavy atom. The van der Waals surface area contributed by atoms with Gasteiger partial charge < -0.3 is 35.5 Å². The first-order valence-corrected chi connectivity index (χ1v) is 14.8. The van der Waals surface area contributed by atoms with E-state index in [0.29, 0.717) is 32.3 Å². The second kappa shape index (κ2) is 19.8. The molecule has 250 valence electrons. The average molecular weight is 639 g/mol. The van der Waals surface area contributed by atoms with Crippen molar-refractivity contribution in [3.63, 3.8) is 0 Å². The number of Topliss-reactive ketones (excluding diaryl/α,β-unsaturated/α-hetero) is 2. The molecule has 0 aromatic heterocycles. The molecule has 0 spiro atoms. The van der Waals surface area contributed by atoms with E-state index in [1.165, 1.54) is 6.07 Å². The van der Waals surface area contributed by atoms with Gasteiger partial charge in [0.2, 0.25) is 11.8 Å². The van der Waals surface area contributed by atoms with Gasteiger partial charge in [-0.15, -0.1) is 0 Å². The maximum absolute atomic E-state index is 14.2. The fraction of sp³-hybridized carbons (Fsp3) is 0.581. The maximum Gasteiger partial charge on any atom is 0.305 e. The summed E-state index contributed by atoms with van der Waals surface area (Å²) in [4.78, 5) is 83.6. The molecule has 0 aliphatic carbocycles. The first kappa shape index (κ1) is 38.7. The van der Waals surface area contributed by atoms with Gasteiger partial charge in [0.15, 0.2) is 17.3 Å². The molecule has 1 rings (SSSR count). The van der Waals surface area contributed by atoms with E-state index in [1.54, 1.807) is 6.07 Å². The van der Waals surface area contributed by atoms with Crippen LogP contribution in [-0.2, 0) is 33.6 Å². The molecule has 5 N–H and O–H groups in total. The van der Waals surface area contributed by atoms with Crippen molar-refractivity contribution in [3.8, 4) is 5.75 Å². The Balaban J connectivity index is 2.64. The fourth-order valence-electron chi connectivity index (χ4n) is 4.49. The van der Waals surface area contributed by atoms with Crippen LogP contribution in [0.2, 0.25) is 0 Å². The molecule has 0 saturated heterocycles. The molecule has 0 saturated carbocycles. The standard InChI is InChI=1S/C31H43FN2O11/c1-18(2)20-8-9-26(23(32)13-20)45-11-7-5-4-6-10-33-30(43)22(16-28(39)40)14-25(36)24(17-29(41)42)34-31(44)21(12-19(3)35)15-27(37)38/h8-9,13,18,21-22,24H,4-7,10-12,14-17H2,1-3H3,(H,33,43)(H,34,44)(H,37,38)(H,39,40)(H,41,42)/t21-,22-,24-/m0/s1. The number of nitrogens with one attached hydrogen (secondary N) is 2. The summed E-state index contributed by atoms with van der Waals surface area (Å²) in [7, 11) is 0. The molecule has 45 heavy (non-hydrogen) atoms. The van der Waals surface area contributed by atoms with Crippen LogP contribution < -0.4 is 15.4 Å². The Kier molecular flexibility index (Phi) is 17.0. The highest BCUT2D eigenvalue weighted by Gasteiger charge is 2.32. The van der Waals surface area contributed by atoms with E-state index in [-0.39, 0.29) is 18.2 Å². The lowest BCUT2D eigenvalue weighted by molar-refractivity contribution is -0.144. The summed E-state index contributed by atoms with van der Waals surface area (Å²) in [6, 6.07) is 3.19. The molecule has 0 bridgehead atoms. The van der Waals surface area contributed by atoms with E-state index in [4.69, 9.17) is 9.84 Å². The van der Waals surface area contributed by atoms with Crippen LogP contribution in [0.1, 0.15) is 90.0 Å². The number of hydrogen-bond donors (Lipinski definition) is 5. The molecule has 0 heterocycles. The smallest absolute Gasteiger partial charge is 0.305 e. The minimum atomic E-state index is -1.67. The molecule has 2 amide bonds. The van der Waals surface area contributed by atoms with Crippen LogP contribution in [-0.4, -0.2) is 75.8 Å². The quantitative estimate of drug-likeness (QED) is 0.110. The zero-order chi connectivity index (χ0) is 34.1. The molecular weight excluding hydrogens is 595 g/mol. The number of ketones is 2. The number of aliphatic carboxylic acids is 3. The van der Waals surface area contributed by atoms with Crippen molar-refractivity contribution < 1.29 is 58.0 Å². The van der Waals surface area contributed by atoms with Gasteiger partial charge in [-0.2, -0.15) is 0 Å². The Labute approximate surface area is 260 Å². The summed E-state index contributed by atoms with van der Waals surface area (Å²) in [6.45, 7) is 5.54. The number of amides is 2. The van der Waals surface area contributed by atoms with Crippen molar-refractivity contribution in [1.29, 1.82) is 0 Å². The molecule has 0 aliphatic rings. The molecule has 3 atom stereocenters.